The van der Waals surface area contributed by atoms with Crippen LogP contribution in [-0.2, 0) is 15.5 Å². The van der Waals surface area contributed by atoms with Crippen LogP contribution >= 0.6 is 0 Å². The average Bonchev–Trinajstić information content (AvgIpc) is 2.49. The molecule has 0 fully saturated rings. The van der Waals surface area contributed by atoms with Crippen molar-refractivity contribution in [3.05, 3.63) is 23.8 Å². The number of ether oxygens (including phenoxy) is 2. The van der Waals surface area contributed by atoms with Crippen LogP contribution in [0.5, 0.6) is 5.75 Å². The van der Waals surface area contributed by atoms with E-state index in [2.05, 4.69) is 5.32 Å². The highest BCUT2D eigenvalue weighted by molar-refractivity contribution is 7.85. The summed E-state index contributed by atoms with van der Waals surface area (Å²) >= 11 is 0. The maximum absolute atomic E-state index is 12.1. The molecule has 2 atom stereocenters. The van der Waals surface area contributed by atoms with Crippen LogP contribution in [0.4, 0.5) is 4.79 Å². The minimum atomic E-state index is -0.931. The average molecular weight is 311 g/mol. The summed E-state index contributed by atoms with van der Waals surface area (Å²) in [6.45, 7) is 2.69. The van der Waals surface area contributed by atoms with Gasteiger partial charge in [-0.2, -0.15) is 0 Å². The van der Waals surface area contributed by atoms with Gasteiger partial charge in [0.05, 0.1) is 24.5 Å². The highest BCUT2D eigenvalue weighted by atomic mass is 32.2. The fraction of sp³-hybridized carbons (Fsp3) is 0.533. The van der Waals surface area contributed by atoms with E-state index < -0.39 is 10.8 Å². The number of rotatable bonds is 5. The highest BCUT2D eigenvalue weighted by Crippen LogP contribution is 2.36. The smallest absolute Gasteiger partial charge is 0.407 e. The quantitative estimate of drug-likeness (QED) is 0.907. The SMILES string of the molecule is CCOC(=O)NCCC1CCS(=O)c2ccc(OC)cc21. The lowest BCUT2D eigenvalue weighted by Gasteiger charge is -2.25. The number of methoxy groups -OCH3 is 1. The van der Waals surface area contributed by atoms with Gasteiger partial charge in [-0.15, -0.1) is 0 Å². The second-order valence-electron chi connectivity index (χ2n) is 4.87. The zero-order valence-corrected chi connectivity index (χ0v) is 13.2. The lowest BCUT2D eigenvalue weighted by atomic mass is 9.92. The summed E-state index contributed by atoms with van der Waals surface area (Å²) in [5.41, 5.74) is 1.07. The number of carbonyl (C=O) groups excluding carboxylic acids is 1. The van der Waals surface area contributed by atoms with Crippen LogP contribution in [0, 0.1) is 0 Å². The molecule has 0 saturated carbocycles. The van der Waals surface area contributed by atoms with Crippen molar-refractivity contribution in [3.8, 4) is 5.75 Å². The third-order valence-electron chi connectivity index (χ3n) is 3.59. The molecule has 5 nitrogen and oxygen atoms in total. The van der Waals surface area contributed by atoms with Crippen molar-refractivity contribution in [2.75, 3.05) is 26.0 Å². The molecule has 0 bridgehead atoms. The zero-order valence-electron chi connectivity index (χ0n) is 12.4. The Hall–Kier alpha value is -1.56. The first-order valence-electron chi connectivity index (χ1n) is 7.12. The molecule has 116 valence electrons. The van der Waals surface area contributed by atoms with Crippen LogP contribution in [0.15, 0.2) is 23.1 Å². The lowest BCUT2D eigenvalue weighted by Crippen LogP contribution is -2.27. The number of amides is 1. The number of hydrogen-bond donors (Lipinski definition) is 1. The fourth-order valence-electron chi connectivity index (χ4n) is 2.53. The van der Waals surface area contributed by atoms with E-state index in [1.807, 2.05) is 18.2 Å². The van der Waals surface area contributed by atoms with Gasteiger partial charge in [0.1, 0.15) is 5.75 Å². The van der Waals surface area contributed by atoms with E-state index in [0.717, 1.165) is 29.1 Å². The van der Waals surface area contributed by atoms with E-state index in [-0.39, 0.29) is 12.0 Å². The van der Waals surface area contributed by atoms with Gasteiger partial charge in [-0.1, -0.05) is 0 Å². The molecule has 0 radical (unpaired) electrons. The van der Waals surface area contributed by atoms with Crippen LogP contribution in [0.25, 0.3) is 0 Å². The molecule has 1 heterocycles. The third-order valence-corrected chi connectivity index (χ3v) is 5.06. The Labute approximate surface area is 127 Å². The van der Waals surface area contributed by atoms with Crippen molar-refractivity contribution < 1.29 is 18.5 Å². The normalized spacial score (nSPS) is 20.5. The fourth-order valence-corrected chi connectivity index (χ4v) is 3.95. The van der Waals surface area contributed by atoms with Crippen molar-refractivity contribution >= 4 is 16.9 Å². The molecule has 1 N–H and O–H groups in total. The van der Waals surface area contributed by atoms with Crippen LogP contribution in [-0.4, -0.2) is 36.3 Å². The molecule has 21 heavy (non-hydrogen) atoms. The Morgan fingerprint density at radius 1 is 1.48 bits per heavy atom. The van der Waals surface area contributed by atoms with E-state index in [9.17, 15) is 9.00 Å². The first kappa shape index (κ1) is 15.8. The van der Waals surface area contributed by atoms with E-state index in [1.165, 1.54) is 0 Å². The van der Waals surface area contributed by atoms with Crippen molar-refractivity contribution in [1.82, 2.24) is 5.32 Å². The molecule has 1 aliphatic rings. The van der Waals surface area contributed by atoms with Crippen LogP contribution < -0.4 is 10.1 Å². The Morgan fingerprint density at radius 2 is 2.29 bits per heavy atom. The summed E-state index contributed by atoms with van der Waals surface area (Å²) in [5, 5.41) is 2.73. The summed E-state index contributed by atoms with van der Waals surface area (Å²) in [6, 6.07) is 5.69. The maximum atomic E-state index is 12.1. The number of hydrogen-bond acceptors (Lipinski definition) is 4. The zero-order chi connectivity index (χ0) is 15.2. The molecular weight excluding hydrogens is 290 g/mol. The van der Waals surface area contributed by atoms with Crippen molar-refractivity contribution in [2.24, 2.45) is 0 Å². The Kier molecular flexibility index (Phi) is 5.61. The van der Waals surface area contributed by atoms with Gasteiger partial charge in [0.15, 0.2) is 0 Å². The first-order chi connectivity index (χ1) is 10.2. The number of fused-ring (bicyclic) bond motifs is 1. The van der Waals surface area contributed by atoms with Gasteiger partial charge in [0, 0.05) is 17.2 Å². The lowest BCUT2D eigenvalue weighted by molar-refractivity contribution is 0.152. The Morgan fingerprint density at radius 3 is 3.00 bits per heavy atom. The molecule has 1 aromatic carbocycles. The van der Waals surface area contributed by atoms with Crippen LogP contribution in [0.3, 0.4) is 0 Å². The molecule has 0 aliphatic carbocycles. The standard InChI is InChI=1S/C15H21NO4S/c1-3-20-15(17)16-8-6-11-7-9-21(18)14-5-4-12(19-2)10-13(11)14/h4-5,10-11H,3,6-9H2,1-2H3,(H,16,17). The van der Waals surface area contributed by atoms with Gasteiger partial charge in [-0.05, 0) is 49.4 Å². The number of carbonyl (C=O) groups is 1. The maximum Gasteiger partial charge on any atom is 0.407 e. The van der Waals surface area contributed by atoms with E-state index in [1.54, 1.807) is 14.0 Å². The molecule has 2 rings (SSSR count). The van der Waals surface area contributed by atoms with Crippen LogP contribution in [0.1, 0.15) is 31.2 Å². The van der Waals surface area contributed by atoms with Gasteiger partial charge < -0.3 is 14.8 Å². The molecule has 1 aliphatic heterocycles. The summed E-state index contributed by atoms with van der Waals surface area (Å²) in [5.74, 6) is 1.73. The van der Waals surface area contributed by atoms with E-state index >= 15 is 0 Å². The molecular formula is C15H21NO4S. The molecule has 1 amide bonds. The van der Waals surface area contributed by atoms with Gasteiger partial charge >= 0.3 is 6.09 Å². The first-order valence-corrected chi connectivity index (χ1v) is 8.44. The topological polar surface area (TPSA) is 64.6 Å². The molecule has 2 unspecified atom stereocenters. The number of nitrogens with one attached hydrogen (secondary N) is 1. The van der Waals surface area contributed by atoms with Crippen molar-refractivity contribution in [2.45, 2.75) is 30.6 Å². The number of alkyl carbamates (subject to hydrolysis) is 1. The van der Waals surface area contributed by atoms with Crippen molar-refractivity contribution in [1.29, 1.82) is 0 Å². The predicted molar refractivity (Wildman–Crippen MR) is 81.3 cm³/mol. The van der Waals surface area contributed by atoms with Gasteiger partial charge in [-0.25, -0.2) is 4.79 Å². The minimum absolute atomic E-state index is 0.287. The Balaban J connectivity index is 2.04. The molecule has 1 aromatic rings. The summed E-state index contributed by atoms with van der Waals surface area (Å²) in [4.78, 5) is 12.2. The summed E-state index contributed by atoms with van der Waals surface area (Å²) in [6.07, 6.45) is 1.27. The van der Waals surface area contributed by atoms with E-state index in [4.69, 9.17) is 9.47 Å². The van der Waals surface area contributed by atoms with Gasteiger partial charge in [-0.3, -0.25) is 4.21 Å². The molecule has 6 heteroatoms. The van der Waals surface area contributed by atoms with Gasteiger partial charge in [0.2, 0.25) is 0 Å². The van der Waals surface area contributed by atoms with Crippen molar-refractivity contribution in [3.63, 3.8) is 0 Å². The Bertz CT molecular complexity index is 532. The minimum Gasteiger partial charge on any atom is -0.497 e. The largest absolute Gasteiger partial charge is 0.497 e. The second-order valence-corrected chi connectivity index (χ2v) is 6.41. The molecule has 0 saturated heterocycles. The monoisotopic (exact) mass is 311 g/mol. The number of benzene rings is 1. The summed E-state index contributed by atoms with van der Waals surface area (Å²) < 4.78 is 22.2. The molecule has 0 aromatic heterocycles. The van der Waals surface area contributed by atoms with E-state index in [0.29, 0.717) is 18.9 Å². The predicted octanol–water partition coefficient (Wildman–Crippen LogP) is 2.43. The third kappa shape index (κ3) is 3.97. The summed E-state index contributed by atoms with van der Waals surface area (Å²) in [7, 11) is 0.693. The van der Waals surface area contributed by atoms with Crippen LogP contribution in [0.2, 0.25) is 0 Å². The van der Waals surface area contributed by atoms with Gasteiger partial charge in [0.25, 0.3) is 0 Å². The molecule has 0 spiro atoms. The highest BCUT2D eigenvalue weighted by Gasteiger charge is 2.25. The second kappa shape index (κ2) is 7.45.